The highest BCUT2D eigenvalue weighted by Gasteiger charge is 2.16. The summed E-state index contributed by atoms with van der Waals surface area (Å²) >= 11 is 0. The molecule has 1 N–H and O–H groups in total. The number of aromatic nitrogens is 4. The minimum atomic E-state index is 0.287. The Morgan fingerprint density at radius 3 is 2.30 bits per heavy atom. The molecule has 5 rings (SSSR count). The molecule has 2 heterocycles. The van der Waals surface area contributed by atoms with Gasteiger partial charge < -0.3 is 14.6 Å². The maximum atomic E-state index is 5.92. The predicted molar refractivity (Wildman–Crippen MR) is 131 cm³/mol. The number of anilines is 2. The maximum Gasteiger partial charge on any atom is 0.286 e. The Kier molecular flexibility index (Phi) is 5.44. The molecule has 3 aromatic carbocycles. The highest BCUT2D eigenvalue weighted by molar-refractivity contribution is 5.90. The molecule has 2 aromatic heterocycles. The van der Waals surface area contributed by atoms with Crippen LogP contribution in [0.4, 0.5) is 11.5 Å². The molecule has 0 atom stereocenters. The van der Waals surface area contributed by atoms with Crippen LogP contribution in [0.2, 0.25) is 0 Å². The van der Waals surface area contributed by atoms with Crippen LogP contribution in [-0.4, -0.2) is 34.3 Å². The molecule has 7 heteroatoms. The number of aryl methyl sites for hydroxylation is 1. The summed E-state index contributed by atoms with van der Waals surface area (Å²) in [6.45, 7) is 2.67. The summed E-state index contributed by atoms with van der Waals surface area (Å²) in [6.07, 6.45) is 0. The van der Waals surface area contributed by atoms with Crippen molar-refractivity contribution in [3.63, 3.8) is 0 Å². The molecule has 0 amide bonds. The second-order valence-corrected chi connectivity index (χ2v) is 8.11. The Balaban J connectivity index is 1.45. The van der Waals surface area contributed by atoms with Crippen molar-refractivity contribution < 1.29 is 4.42 Å². The lowest BCUT2D eigenvalue weighted by molar-refractivity contribution is 0.579. The number of nitrogens with one attached hydrogen (secondary N) is 1. The second kappa shape index (κ2) is 8.70. The molecule has 0 fully saturated rings. The van der Waals surface area contributed by atoms with Crippen LogP contribution in [0.1, 0.15) is 11.1 Å². The molecule has 0 spiro atoms. The summed E-state index contributed by atoms with van der Waals surface area (Å²) < 4.78 is 5.92. The fourth-order valence-corrected chi connectivity index (χ4v) is 3.53. The van der Waals surface area contributed by atoms with Gasteiger partial charge in [0.25, 0.3) is 5.89 Å². The lowest BCUT2D eigenvalue weighted by Gasteiger charge is -2.13. The van der Waals surface area contributed by atoms with E-state index in [1.54, 1.807) is 0 Å². The van der Waals surface area contributed by atoms with Gasteiger partial charge in [-0.2, -0.15) is 0 Å². The Hall–Kier alpha value is -4.26. The van der Waals surface area contributed by atoms with Gasteiger partial charge in [-0.05, 0) is 48.9 Å². The van der Waals surface area contributed by atoms with Crippen LogP contribution in [0.3, 0.4) is 0 Å². The zero-order valence-electron chi connectivity index (χ0n) is 18.8. The summed E-state index contributed by atoms with van der Waals surface area (Å²) in [5, 5.41) is 12.8. The van der Waals surface area contributed by atoms with E-state index in [9.17, 15) is 0 Å². The Labute approximate surface area is 192 Å². The minimum Gasteiger partial charge on any atom is -0.413 e. The zero-order valence-corrected chi connectivity index (χ0v) is 18.8. The van der Waals surface area contributed by atoms with E-state index in [1.807, 2.05) is 69.6 Å². The third-order valence-electron chi connectivity index (χ3n) is 5.43. The molecule has 0 aliphatic rings. The first-order valence-corrected chi connectivity index (χ1v) is 10.7. The normalized spacial score (nSPS) is 11.0. The van der Waals surface area contributed by atoms with E-state index in [2.05, 4.69) is 49.7 Å². The van der Waals surface area contributed by atoms with Gasteiger partial charge in [-0.15, -0.1) is 10.2 Å². The number of benzene rings is 3. The number of hydrogen-bond acceptors (Lipinski definition) is 7. The Morgan fingerprint density at radius 1 is 0.818 bits per heavy atom. The van der Waals surface area contributed by atoms with Crippen molar-refractivity contribution in [1.29, 1.82) is 0 Å². The van der Waals surface area contributed by atoms with Crippen molar-refractivity contribution in [2.45, 2.75) is 13.5 Å². The van der Waals surface area contributed by atoms with Gasteiger partial charge in [0, 0.05) is 37.3 Å². The molecule has 5 aromatic rings. The largest absolute Gasteiger partial charge is 0.413 e. The third-order valence-corrected chi connectivity index (χ3v) is 5.43. The number of nitrogens with zero attached hydrogens (tertiary/aromatic N) is 5. The van der Waals surface area contributed by atoms with Crippen molar-refractivity contribution in [3.05, 3.63) is 83.9 Å². The second-order valence-electron chi connectivity index (χ2n) is 8.11. The van der Waals surface area contributed by atoms with Crippen molar-refractivity contribution in [3.8, 4) is 23.2 Å². The summed E-state index contributed by atoms with van der Waals surface area (Å²) in [7, 11) is 4.06. The highest BCUT2D eigenvalue weighted by atomic mass is 16.4. The first kappa shape index (κ1) is 20.6. The average Bonchev–Trinajstić information content (AvgIpc) is 3.33. The fourth-order valence-electron chi connectivity index (χ4n) is 3.53. The van der Waals surface area contributed by atoms with Crippen molar-refractivity contribution in [2.24, 2.45) is 0 Å². The third kappa shape index (κ3) is 4.39. The molecule has 33 heavy (non-hydrogen) atoms. The van der Waals surface area contributed by atoms with Crippen LogP contribution in [-0.2, 0) is 6.54 Å². The lowest BCUT2D eigenvalue weighted by Crippen LogP contribution is -2.09. The van der Waals surface area contributed by atoms with E-state index >= 15 is 0 Å². The van der Waals surface area contributed by atoms with Gasteiger partial charge in [0.15, 0.2) is 0 Å². The standard InChI is InChI=1S/C26H24N6O/c1-17-8-12-19(13-9-17)25-30-31-26(33-25)24-28-22-7-5-4-6-21(22)23(29-24)27-16-18-10-14-20(15-11-18)32(2)3/h4-15H,16H2,1-3H3,(H,27,28,29). The smallest absolute Gasteiger partial charge is 0.286 e. The number of fused-ring (bicyclic) bond motifs is 1. The molecule has 0 radical (unpaired) electrons. The molecule has 164 valence electrons. The Morgan fingerprint density at radius 2 is 1.55 bits per heavy atom. The van der Waals surface area contributed by atoms with Crippen LogP contribution in [0, 0.1) is 6.92 Å². The predicted octanol–water partition coefficient (Wildman–Crippen LogP) is 5.33. The van der Waals surface area contributed by atoms with Gasteiger partial charge in [-0.25, -0.2) is 9.97 Å². The minimum absolute atomic E-state index is 0.287. The number of hydrogen-bond donors (Lipinski definition) is 1. The van der Waals surface area contributed by atoms with Crippen LogP contribution in [0.25, 0.3) is 34.1 Å². The number of rotatable bonds is 6. The molecule has 0 bridgehead atoms. The van der Waals surface area contributed by atoms with Gasteiger partial charge in [0.2, 0.25) is 11.7 Å². The van der Waals surface area contributed by atoms with Gasteiger partial charge >= 0.3 is 0 Å². The lowest BCUT2D eigenvalue weighted by atomic mass is 10.1. The highest BCUT2D eigenvalue weighted by Crippen LogP contribution is 2.27. The SMILES string of the molecule is Cc1ccc(-c2nnc(-c3nc(NCc4ccc(N(C)C)cc4)c4ccccc4n3)o2)cc1. The van der Waals surface area contributed by atoms with Crippen molar-refractivity contribution >= 4 is 22.4 Å². The molecule has 0 unspecified atom stereocenters. The van der Waals surface area contributed by atoms with Gasteiger partial charge in [-0.1, -0.05) is 42.0 Å². The molecule has 0 aliphatic heterocycles. The van der Waals surface area contributed by atoms with Gasteiger partial charge in [0.05, 0.1) is 5.52 Å². The van der Waals surface area contributed by atoms with Gasteiger partial charge in [-0.3, -0.25) is 0 Å². The summed E-state index contributed by atoms with van der Waals surface area (Å²) in [4.78, 5) is 11.5. The van der Waals surface area contributed by atoms with Crippen LogP contribution < -0.4 is 10.2 Å². The van der Waals surface area contributed by atoms with Crippen LogP contribution in [0.15, 0.2) is 77.2 Å². The van der Waals surface area contributed by atoms with E-state index in [1.165, 1.54) is 5.56 Å². The van der Waals surface area contributed by atoms with E-state index in [4.69, 9.17) is 9.40 Å². The molecular weight excluding hydrogens is 412 g/mol. The summed E-state index contributed by atoms with van der Waals surface area (Å²) in [6, 6.07) is 24.3. The average molecular weight is 437 g/mol. The molecule has 0 aliphatic carbocycles. The maximum absolute atomic E-state index is 5.92. The van der Waals surface area contributed by atoms with Crippen LogP contribution in [0.5, 0.6) is 0 Å². The topological polar surface area (TPSA) is 80.0 Å². The number of para-hydroxylation sites is 1. The fraction of sp³-hybridized carbons (Fsp3) is 0.154. The molecular formula is C26H24N6O. The van der Waals surface area contributed by atoms with E-state index in [-0.39, 0.29) is 5.89 Å². The zero-order chi connectivity index (χ0) is 22.8. The van der Waals surface area contributed by atoms with Crippen molar-refractivity contribution in [2.75, 3.05) is 24.3 Å². The summed E-state index contributed by atoms with van der Waals surface area (Å²) in [5.74, 6) is 1.85. The molecule has 7 nitrogen and oxygen atoms in total. The van der Waals surface area contributed by atoms with E-state index < -0.39 is 0 Å². The Bertz CT molecular complexity index is 1390. The van der Waals surface area contributed by atoms with E-state index in [0.29, 0.717) is 18.3 Å². The molecule has 0 saturated heterocycles. The van der Waals surface area contributed by atoms with E-state index in [0.717, 1.165) is 33.5 Å². The van der Waals surface area contributed by atoms with Gasteiger partial charge in [0.1, 0.15) is 5.82 Å². The first-order chi connectivity index (χ1) is 16.1. The monoisotopic (exact) mass is 436 g/mol. The molecule has 0 saturated carbocycles. The first-order valence-electron chi connectivity index (χ1n) is 10.7. The summed E-state index contributed by atoms with van der Waals surface area (Å²) in [5.41, 5.74) is 5.16. The quantitative estimate of drug-likeness (QED) is 0.385. The van der Waals surface area contributed by atoms with Crippen molar-refractivity contribution in [1.82, 2.24) is 20.2 Å². The van der Waals surface area contributed by atoms with Crippen LogP contribution >= 0.6 is 0 Å².